The van der Waals surface area contributed by atoms with E-state index in [2.05, 4.69) is 10.3 Å². The first kappa shape index (κ1) is 17.9. The maximum Gasteiger partial charge on any atom is 0.270 e. The quantitative estimate of drug-likeness (QED) is 0.572. The minimum atomic E-state index is -0.331. The molecule has 0 aliphatic rings. The molecule has 1 unspecified atom stereocenters. The van der Waals surface area contributed by atoms with E-state index in [1.807, 2.05) is 35.8 Å². The molecule has 140 valence electrons. The van der Waals surface area contributed by atoms with Gasteiger partial charge in [0.25, 0.3) is 5.91 Å². The molecule has 6 heteroatoms. The molecule has 28 heavy (non-hydrogen) atoms. The monoisotopic (exact) mass is 374 g/mol. The fraction of sp³-hybridized carbons (Fsp3) is 0.136. The number of aromatic nitrogens is 3. The molecule has 4 rings (SSSR count). The number of nitrogens with one attached hydrogen (secondary N) is 1. The number of fused-ring (bicyclic) bond motifs is 1. The number of carbonyl (C=O) groups is 1. The van der Waals surface area contributed by atoms with Gasteiger partial charge in [-0.2, -0.15) is 0 Å². The second-order valence-electron chi connectivity index (χ2n) is 6.58. The lowest BCUT2D eigenvalue weighted by molar-refractivity contribution is 0.0932. The van der Waals surface area contributed by atoms with Crippen LogP contribution in [-0.2, 0) is 6.54 Å². The van der Waals surface area contributed by atoms with Crippen molar-refractivity contribution < 1.29 is 9.18 Å². The standard InChI is InChI=1S/C22H19FN4O/c1-15(25-22(28)19-7-4-5-13-24-19)21-26-18-6-2-3-8-20(18)27(21)14-16-9-11-17(23)12-10-16/h2-13,15H,14H2,1H3,(H,25,28). The van der Waals surface area contributed by atoms with Gasteiger partial charge in [0, 0.05) is 12.7 Å². The summed E-state index contributed by atoms with van der Waals surface area (Å²) in [6.45, 7) is 2.42. The molecule has 2 heterocycles. The second-order valence-corrected chi connectivity index (χ2v) is 6.58. The van der Waals surface area contributed by atoms with Crippen LogP contribution < -0.4 is 5.32 Å². The van der Waals surface area contributed by atoms with Gasteiger partial charge in [-0.25, -0.2) is 9.37 Å². The molecule has 0 saturated carbocycles. The zero-order chi connectivity index (χ0) is 19.5. The molecule has 1 N–H and O–H groups in total. The average Bonchev–Trinajstić information content (AvgIpc) is 3.09. The largest absolute Gasteiger partial charge is 0.341 e. The summed E-state index contributed by atoms with van der Waals surface area (Å²) >= 11 is 0. The van der Waals surface area contributed by atoms with Crippen molar-refractivity contribution in [2.24, 2.45) is 0 Å². The third kappa shape index (κ3) is 3.62. The summed E-state index contributed by atoms with van der Waals surface area (Å²) in [7, 11) is 0. The highest BCUT2D eigenvalue weighted by Crippen LogP contribution is 2.22. The summed E-state index contributed by atoms with van der Waals surface area (Å²) in [6.07, 6.45) is 1.59. The number of imidazole rings is 1. The minimum Gasteiger partial charge on any atom is -0.341 e. The first-order valence-corrected chi connectivity index (χ1v) is 9.03. The molecular weight excluding hydrogens is 355 g/mol. The van der Waals surface area contributed by atoms with Crippen LogP contribution in [0.15, 0.2) is 72.9 Å². The lowest BCUT2D eigenvalue weighted by Crippen LogP contribution is -2.29. The number of hydrogen-bond acceptors (Lipinski definition) is 3. The van der Waals surface area contributed by atoms with Gasteiger partial charge in [-0.1, -0.05) is 30.3 Å². The van der Waals surface area contributed by atoms with E-state index in [4.69, 9.17) is 4.98 Å². The van der Waals surface area contributed by atoms with Crippen LogP contribution in [-0.4, -0.2) is 20.4 Å². The number of halogens is 1. The van der Waals surface area contributed by atoms with Crippen LogP contribution >= 0.6 is 0 Å². The van der Waals surface area contributed by atoms with Gasteiger partial charge >= 0.3 is 0 Å². The normalized spacial score (nSPS) is 12.1. The van der Waals surface area contributed by atoms with Gasteiger partial charge in [0.1, 0.15) is 17.3 Å². The lowest BCUT2D eigenvalue weighted by atomic mass is 10.2. The van der Waals surface area contributed by atoms with Crippen molar-refractivity contribution in [1.82, 2.24) is 19.9 Å². The van der Waals surface area contributed by atoms with Crippen molar-refractivity contribution in [3.8, 4) is 0 Å². The van der Waals surface area contributed by atoms with E-state index in [0.29, 0.717) is 12.2 Å². The minimum absolute atomic E-state index is 0.256. The molecule has 1 atom stereocenters. The Bertz CT molecular complexity index is 1110. The molecule has 0 aliphatic heterocycles. The SMILES string of the molecule is CC(NC(=O)c1ccccn1)c1nc2ccccc2n1Cc1ccc(F)cc1. The number of pyridine rings is 1. The highest BCUT2D eigenvalue weighted by atomic mass is 19.1. The van der Waals surface area contributed by atoms with Gasteiger partial charge in [-0.05, 0) is 48.9 Å². The van der Waals surface area contributed by atoms with E-state index >= 15 is 0 Å². The first-order chi connectivity index (χ1) is 13.6. The van der Waals surface area contributed by atoms with Crippen LogP contribution in [0, 0.1) is 5.82 Å². The van der Waals surface area contributed by atoms with Crippen molar-refractivity contribution in [3.05, 3.63) is 95.8 Å². The number of nitrogens with zero attached hydrogens (tertiary/aromatic N) is 3. The van der Waals surface area contributed by atoms with Gasteiger partial charge in [0.15, 0.2) is 0 Å². The van der Waals surface area contributed by atoms with E-state index in [9.17, 15) is 9.18 Å². The molecule has 0 spiro atoms. The van der Waals surface area contributed by atoms with E-state index < -0.39 is 0 Å². The van der Waals surface area contributed by atoms with Crippen molar-refractivity contribution in [1.29, 1.82) is 0 Å². The number of benzene rings is 2. The maximum absolute atomic E-state index is 13.3. The Kier molecular flexibility index (Phi) is 4.85. The first-order valence-electron chi connectivity index (χ1n) is 9.03. The fourth-order valence-corrected chi connectivity index (χ4v) is 3.20. The molecule has 0 radical (unpaired) electrons. The summed E-state index contributed by atoms with van der Waals surface area (Å²) in [4.78, 5) is 21.3. The average molecular weight is 374 g/mol. The number of para-hydroxylation sites is 2. The van der Waals surface area contributed by atoms with E-state index in [1.54, 1.807) is 36.5 Å². The summed E-state index contributed by atoms with van der Waals surface area (Å²) in [6, 6.07) is 19.1. The summed E-state index contributed by atoms with van der Waals surface area (Å²) < 4.78 is 15.3. The highest BCUT2D eigenvalue weighted by Gasteiger charge is 2.19. The smallest absolute Gasteiger partial charge is 0.270 e. The Morgan fingerprint density at radius 3 is 2.57 bits per heavy atom. The molecule has 0 fully saturated rings. The van der Waals surface area contributed by atoms with E-state index in [1.165, 1.54) is 12.1 Å². The molecular formula is C22H19FN4O. The third-order valence-corrected chi connectivity index (χ3v) is 4.57. The fourth-order valence-electron chi connectivity index (χ4n) is 3.20. The topological polar surface area (TPSA) is 59.8 Å². The number of amides is 1. The van der Waals surface area contributed by atoms with E-state index in [-0.39, 0.29) is 17.8 Å². The lowest BCUT2D eigenvalue weighted by Gasteiger charge is -2.16. The summed E-state index contributed by atoms with van der Waals surface area (Å²) in [5.74, 6) is 0.207. The molecule has 0 bridgehead atoms. The predicted molar refractivity (Wildman–Crippen MR) is 105 cm³/mol. The van der Waals surface area contributed by atoms with Gasteiger partial charge in [-0.3, -0.25) is 9.78 Å². The van der Waals surface area contributed by atoms with Crippen LogP contribution in [0.4, 0.5) is 4.39 Å². The van der Waals surface area contributed by atoms with Gasteiger partial charge in [0.05, 0.1) is 17.1 Å². The van der Waals surface area contributed by atoms with Crippen LogP contribution in [0.5, 0.6) is 0 Å². The Balaban J connectivity index is 1.67. The molecule has 1 amide bonds. The molecule has 2 aromatic heterocycles. The molecule has 5 nitrogen and oxygen atoms in total. The predicted octanol–water partition coefficient (Wildman–Crippen LogP) is 4.11. The maximum atomic E-state index is 13.3. The molecule has 2 aromatic carbocycles. The van der Waals surface area contributed by atoms with E-state index in [0.717, 1.165) is 22.4 Å². The Labute approximate surface area is 161 Å². The Morgan fingerprint density at radius 2 is 1.82 bits per heavy atom. The zero-order valence-corrected chi connectivity index (χ0v) is 15.3. The number of carbonyl (C=O) groups excluding carboxylic acids is 1. The van der Waals surface area contributed by atoms with Gasteiger partial charge < -0.3 is 9.88 Å². The van der Waals surface area contributed by atoms with Crippen molar-refractivity contribution >= 4 is 16.9 Å². The third-order valence-electron chi connectivity index (χ3n) is 4.57. The van der Waals surface area contributed by atoms with Crippen LogP contribution in [0.2, 0.25) is 0 Å². The van der Waals surface area contributed by atoms with Crippen molar-refractivity contribution in [2.45, 2.75) is 19.5 Å². The second kappa shape index (κ2) is 7.60. The van der Waals surface area contributed by atoms with Gasteiger partial charge in [-0.15, -0.1) is 0 Å². The van der Waals surface area contributed by atoms with Crippen LogP contribution in [0.3, 0.4) is 0 Å². The number of hydrogen-bond donors (Lipinski definition) is 1. The molecule has 0 saturated heterocycles. The Hall–Kier alpha value is -3.54. The molecule has 4 aromatic rings. The number of rotatable bonds is 5. The van der Waals surface area contributed by atoms with Crippen LogP contribution in [0.25, 0.3) is 11.0 Å². The van der Waals surface area contributed by atoms with Crippen LogP contribution in [0.1, 0.15) is 34.8 Å². The molecule has 0 aliphatic carbocycles. The summed E-state index contributed by atoms with van der Waals surface area (Å²) in [5, 5.41) is 2.96. The summed E-state index contributed by atoms with van der Waals surface area (Å²) in [5.41, 5.74) is 3.11. The van der Waals surface area contributed by atoms with Crippen molar-refractivity contribution in [2.75, 3.05) is 0 Å². The Morgan fingerprint density at radius 1 is 1.07 bits per heavy atom. The zero-order valence-electron chi connectivity index (χ0n) is 15.3. The van der Waals surface area contributed by atoms with Crippen molar-refractivity contribution in [3.63, 3.8) is 0 Å². The highest BCUT2D eigenvalue weighted by molar-refractivity contribution is 5.92. The van der Waals surface area contributed by atoms with Gasteiger partial charge in [0.2, 0.25) is 0 Å².